The second-order valence-corrected chi connectivity index (χ2v) is 10.1. The first-order valence-corrected chi connectivity index (χ1v) is 14.1. The van der Waals surface area contributed by atoms with Gasteiger partial charge in [0.1, 0.15) is 0 Å². The lowest BCUT2D eigenvalue weighted by atomic mass is 9.93. The van der Waals surface area contributed by atoms with Gasteiger partial charge >= 0.3 is 11.9 Å². The maximum Gasteiger partial charge on any atom is 0.373 e. The quantitative estimate of drug-likeness (QED) is 0.454. The molecule has 5 rings (SSSR count). The number of ether oxygens (including phenoxy) is 6. The van der Waals surface area contributed by atoms with E-state index in [1.165, 1.54) is 0 Å². The van der Waals surface area contributed by atoms with Crippen molar-refractivity contribution in [3.63, 3.8) is 0 Å². The third kappa shape index (κ3) is 7.73. The van der Waals surface area contributed by atoms with Crippen LogP contribution in [0.2, 0.25) is 0 Å². The molecule has 0 N–H and O–H groups in total. The summed E-state index contributed by atoms with van der Waals surface area (Å²) >= 11 is 0. The van der Waals surface area contributed by atoms with Gasteiger partial charge in [-0.2, -0.15) is 0 Å². The van der Waals surface area contributed by atoms with Gasteiger partial charge in [-0.1, -0.05) is 60.7 Å². The van der Waals surface area contributed by atoms with Gasteiger partial charge in [0.2, 0.25) is 24.1 Å². The van der Waals surface area contributed by atoms with Crippen LogP contribution in [0.3, 0.4) is 0 Å². The van der Waals surface area contributed by atoms with Crippen molar-refractivity contribution in [3.05, 3.63) is 95.5 Å². The molecule has 4 atom stereocenters. The van der Waals surface area contributed by atoms with Crippen molar-refractivity contribution in [1.29, 1.82) is 0 Å². The second kappa shape index (κ2) is 14.1. The highest BCUT2D eigenvalue weighted by molar-refractivity contribution is 5.87. The van der Waals surface area contributed by atoms with E-state index >= 15 is 0 Å². The van der Waals surface area contributed by atoms with Crippen LogP contribution in [-0.2, 0) is 38.0 Å². The highest BCUT2D eigenvalue weighted by Gasteiger charge is 2.31. The van der Waals surface area contributed by atoms with E-state index in [0.717, 1.165) is 11.1 Å². The SMILES string of the molecule is O=C1OCCCCO[C@@H]2C[C@H](c3ccccc3)C=C(O2)C(=O)OCCCCO[C@@H]2C[C@H](c3ccccc3)C=C1O2. The van der Waals surface area contributed by atoms with Gasteiger partial charge in [0.05, 0.1) is 26.4 Å². The van der Waals surface area contributed by atoms with Gasteiger partial charge < -0.3 is 28.4 Å². The summed E-state index contributed by atoms with van der Waals surface area (Å²) in [5.41, 5.74) is 2.17. The number of hydrogen-bond donors (Lipinski definition) is 0. The van der Waals surface area contributed by atoms with Crippen LogP contribution in [0.1, 0.15) is 61.5 Å². The molecule has 3 aliphatic heterocycles. The predicted octanol–water partition coefficient (Wildman–Crippen LogP) is 5.51. The van der Waals surface area contributed by atoms with Crippen molar-refractivity contribution >= 4 is 11.9 Å². The molecule has 0 spiro atoms. The Morgan fingerprint density at radius 2 is 0.925 bits per heavy atom. The number of carbonyl (C=O) groups excluding carboxylic acids is 2. The number of fused-ring (bicyclic) bond motifs is 4. The summed E-state index contributed by atoms with van der Waals surface area (Å²) in [5.74, 6) is -0.692. The zero-order chi connectivity index (χ0) is 27.6. The average molecular weight is 549 g/mol. The highest BCUT2D eigenvalue weighted by atomic mass is 16.7. The summed E-state index contributed by atoms with van der Waals surface area (Å²) < 4.78 is 34.8. The molecule has 0 radical (unpaired) electrons. The molecule has 2 aromatic rings. The smallest absolute Gasteiger partial charge is 0.373 e. The molecule has 0 aromatic heterocycles. The number of carbonyl (C=O) groups is 2. The van der Waals surface area contributed by atoms with Crippen molar-refractivity contribution in [3.8, 4) is 0 Å². The van der Waals surface area contributed by atoms with E-state index < -0.39 is 24.5 Å². The first kappa shape index (κ1) is 27.9. The Morgan fingerprint density at radius 3 is 1.35 bits per heavy atom. The van der Waals surface area contributed by atoms with Crippen LogP contribution < -0.4 is 0 Å². The lowest BCUT2D eigenvalue weighted by Crippen LogP contribution is -2.29. The van der Waals surface area contributed by atoms with Crippen LogP contribution in [0.25, 0.3) is 0 Å². The van der Waals surface area contributed by atoms with Crippen LogP contribution in [-0.4, -0.2) is 50.9 Å². The fraction of sp³-hybridized carbons (Fsp3) is 0.438. The first-order chi connectivity index (χ1) is 19.7. The molecular weight excluding hydrogens is 512 g/mol. The third-order valence-electron chi connectivity index (χ3n) is 7.12. The number of allylic oxidation sites excluding steroid dienone is 2. The molecule has 8 heteroatoms. The molecule has 4 bridgehead atoms. The van der Waals surface area contributed by atoms with Crippen LogP contribution in [0, 0.1) is 0 Å². The Bertz CT molecular complexity index is 1080. The van der Waals surface area contributed by atoms with E-state index in [2.05, 4.69) is 0 Å². The molecule has 0 amide bonds. The Labute approximate surface area is 234 Å². The standard InChI is InChI=1S/C32H36O8/c33-31-27-19-25(23-11-3-1-4-12-23)21-29(39-27)35-15-7-9-18-38-32(34)28-20-26(24-13-5-2-6-14-24)22-30(40-28)36-16-8-10-17-37-31/h1-6,11-14,19-20,25-26,29-30H,7-10,15-18,21-22H2/t25-,26-,29+,30+/m1/s1. The number of esters is 2. The maximum atomic E-state index is 12.8. The minimum absolute atomic E-state index is 0.0258. The Hall–Kier alpha value is -3.62. The van der Waals surface area contributed by atoms with E-state index in [1.54, 1.807) is 0 Å². The molecule has 1 fully saturated rings. The van der Waals surface area contributed by atoms with Crippen molar-refractivity contribution in [2.75, 3.05) is 26.4 Å². The average Bonchev–Trinajstić information content (AvgIpc) is 3.00. The largest absolute Gasteiger partial charge is 0.460 e. The molecule has 2 aromatic carbocycles. The zero-order valence-electron chi connectivity index (χ0n) is 22.6. The molecular formula is C32H36O8. The maximum absolute atomic E-state index is 12.8. The molecule has 8 nitrogen and oxygen atoms in total. The molecule has 40 heavy (non-hydrogen) atoms. The number of benzene rings is 2. The van der Waals surface area contributed by atoms with Crippen molar-refractivity contribution < 1.29 is 38.0 Å². The Balaban J connectivity index is 1.24. The van der Waals surface area contributed by atoms with Gasteiger partial charge in [0, 0.05) is 24.7 Å². The summed E-state index contributed by atoms with van der Waals surface area (Å²) in [7, 11) is 0. The van der Waals surface area contributed by atoms with Gasteiger partial charge in [0.25, 0.3) is 0 Å². The lowest BCUT2D eigenvalue weighted by Gasteiger charge is -2.29. The Kier molecular flexibility index (Phi) is 9.87. The van der Waals surface area contributed by atoms with Crippen LogP contribution in [0.4, 0.5) is 0 Å². The Morgan fingerprint density at radius 1 is 0.525 bits per heavy atom. The van der Waals surface area contributed by atoms with E-state index in [1.807, 2.05) is 72.8 Å². The summed E-state index contributed by atoms with van der Waals surface area (Å²) in [5, 5.41) is 0. The molecule has 0 saturated carbocycles. The lowest BCUT2D eigenvalue weighted by molar-refractivity contribution is -0.165. The van der Waals surface area contributed by atoms with Crippen molar-refractivity contribution in [2.24, 2.45) is 0 Å². The fourth-order valence-corrected chi connectivity index (χ4v) is 4.99. The van der Waals surface area contributed by atoms with E-state index in [4.69, 9.17) is 28.4 Å². The first-order valence-electron chi connectivity index (χ1n) is 14.1. The molecule has 3 heterocycles. The van der Waals surface area contributed by atoms with E-state index in [9.17, 15) is 9.59 Å². The number of hydrogen-bond acceptors (Lipinski definition) is 8. The molecule has 0 unspecified atom stereocenters. The van der Waals surface area contributed by atoms with Gasteiger partial charge in [-0.15, -0.1) is 0 Å². The molecule has 1 saturated heterocycles. The van der Waals surface area contributed by atoms with Gasteiger partial charge in [-0.05, 0) is 49.0 Å². The topological polar surface area (TPSA) is 89.5 Å². The summed E-state index contributed by atoms with van der Waals surface area (Å²) in [6, 6.07) is 19.9. The monoisotopic (exact) mass is 548 g/mol. The minimum Gasteiger partial charge on any atom is -0.460 e. The summed E-state index contributed by atoms with van der Waals surface area (Å²) in [4.78, 5) is 25.7. The van der Waals surface area contributed by atoms with Gasteiger partial charge in [-0.3, -0.25) is 0 Å². The fourth-order valence-electron chi connectivity index (χ4n) is 4.99. The van der Waals surface area contributed by atoms with Crippen LogP contribution >= 0.6 is 0 Å². The van der Waals surface area contributed by atoms with Gasteiger partial charge in [0.15, 0.2) is 0 Å². The van der Waals surface area contributed by atoms with E-state index in [-0.39, 0.29) is 36.6 Å². The molecule has 212 valence electrons. The van der Waals surface area contributed by atoms with Gasteiger partial charge in [-0.25, -0.2) is 9.59 Å². The van der Waals surface area contributed by atoms with Crippen molar-refractivity contribution in [2.45, 2.75) is 62.9 Å². The normalized spacial score (nSPS) is 27.0. The van der Waals surface area contributed by atoms with E-state index in [0.29, 0.717) is 51.7 Å². The number of rotatable bonds is 2. The third-order valence-corrected chi connectivity index (χ3v) is 7.12. The minimum atomic E-state index is -0.577. The molecule has 3 aliphatic rings. The molecule has 0 aliphatic carbocycles. The highest BCUT2D eigenvalue weighted by Crippen LogP contribution is 2.33. The second-order valence-electron chi connectivity index (χ2n) is 10.1. The summed E-state index contributed by atoms with van der Waals surface area (Å²) in [6.07, 6.45) is 6.20. The van der Waals surface area contributed by atoms with Crippen LogP contribution in [0.15, 0.2) is 84.3 Å². The zero-order valence-corrected chi connectivity index (χ0v) is 22.6. The summed E-state index contributed by atoms with van der Waals surface area (Å²) in [6.45, 7) is 1.27. The van der Waals surface area contributed by atoms with Crippen LogP contribution in [0.5, 0.6) is 0 Å². The predicted molar refractivity (Wildman–Crippen MR) is 146 cm³/mol. The van der Waals surface area contributed by atoms with Crippen molar-refractivity contribution in [1.82, 2.24) is 0 Å². The number of cyclic esters (lactones) is 2.